The maximum absolute atomic E-state index is 13.2. The summed E-state index contributed by atoms with van der Waals surface area (Å²) in [5.74, 6) is -1.15. The van der Waals surface area contributed by atoms with Crippen LogP contribution in [0.25, 0.3) is 11.5 Å². The van der Waals surface area contributed by atoms with Crippen molar-refractivity contribution in [1.82, 2.24) is 20.4 Å². The molecule has 12 heteroatoms. The summed E-state index contributed by atoms with van der Waals surface area (Å²) in [4.78, 5) is 14.1. The Bertz CT molecular complexity index is 1030. The number of halogens is 3. The van der Waals surface area contributed by atoms with Gasteiger partial charge in [0.1, 0.15) is 5.75 Å². The molecule has 9 nitrogen and oxygen atoms in total. The number of methoxy groups -OCH3 is 1. The Labute approximate surface area is 181 Å². The number of carbonyl (C=O) groups excluding carboxylic acids is 1. The van der Waals surface area contributed by atoms with Crippen molar-refractivity contribution in [3.05, 3.63) is 29.7 Å². The highest BCUT2D eigenvalue weighted by molar-refractivity contribution is 5.90. The first-order chi connectivity index (χ1) is 15.3. The molecule has 1 saturated carbocycles. The lowest BCUT2D eigenvalue weighted by Crippen LogP contribution is -2.36. The first-order valence-electron chi connectivity index (χ1n) is 9.96. The molecule has 0 radical (unpaired) electrons. The fourth-order valence-corrected chi connectivity index (χ4v) is 3.51. The molecule has 2 fully saturated rings. The molecule has 170 valence electrons. The third-order valence-corrected chi connectivity index (χ3v) is 5.21. The second kappa shape index (κ2) is 8.66. The molecule has 32 heavy (non-hydrogen) atoms. The van der Waals surface area contributed by atoms with Crippen LogP contribution in [-0.2, 0) is 10.9 Å². The average molecular weight is 451 g/mol. The number of amides is 1. The van der Waals surface area contributed by atoms with Gasteiger partial charge in [0.25, 0.3) is 5.89 Å². The van der Waals surface area contributed by atoms with Gasteiger partial charge in [0, 0.05) is 19.7 Å². The molecule has 1 aromatic carbocycles. The summed E-state index contributed by atoms with van der Waals surface area (Å²) in [5.41, 5.74) is -0.929. The van der Waals surface area contributed by atoms with Crippen molar-refractivity contribution < 1.29 is 31.9 Å². The van der Waals surface area contributed by atoms with Crippen molar-refractivity contribution in [3.63, 3.8) is 0 Å². The van der Waals surface area contributed by atoms with Crippen molar-refractivity contribution in [1.29, 1.82) is 5.26 Å². The number of hydrogen-bond donors (Lipinski definition) is 1. The summed E-state index contributed by atoms with van der Waals surface area (Å²) in [5, 5.41) is 19.4. The number of nitrogens with one attached hydrogen (secondary N) is 1. The monoisotopic (exact) mass is 451 g/mol. The Kier molecular flexibility index (Phi) is 5.92. The molecule has 2 atom stereocenters. The number of rotatable bonds is 7. The Balaban J connectivity index is 1.52. The van der Waals surface area contributed by atoms with Crippen LogP contribution in [0.1, 0.15) is 35.5 Å². The van der Waals surface area contributed by atoms with Crippen LogP contribution in [-0.4, -0.2) is 59.5 Å². The highest BCUT2D eigenvalue weighted by atomic mass is 19.4. The van der Waals surface area contributed by atoms with Crippen molar-refractivity contribution in [3.8, 4) is 23.4 Å². The van der Waals surface area contributed by atoms with Gasteiger partial charge < -0.3 is 24.1 Å². The Morgan fingerprint density at radius 1 is 1.38 bits per heavy atom. The van der Waals surface area contributed by atoms with E-state index in [0.29, 0.717) is 19.6 Å². The van der Waals surface area contributed by atoms with Gasteiger partial charge in [-0.15, -0.1) is 10.2 Å². The number of benzene rings is 1. The van der Waals surface area contributed by atoms with Gasteiger partial charge in [0.2, 0.25) is 0 Å². The van der Waals surface area contributed by atoms with Crippen LogP contribution in [0, 0.1) is 11.5 Å². The van der Waals surface area contributed by atoms with Crippen LogP contribution >= 0.6 is 0 Å². The summed E-state index contributed by atoms with van der Waals surface area (Å²) >= 11 is 0. The van der Waals surface area contributed by atoms with E-state index < -0.39 is 23.5 Å². The number of hydrogen-bond acceptors (Lipinski definition) is 8. The fraction of sp³-hybridized carbons (Fsp3) is 0.500. The van der Waals surface area contributed by atoms with Gasteiger partial charge in [-0.25, -0.2) is 0 Å². The van der Waals surface area contributed by atoms with E-state index >= 15 is 0 Å². The minimum Gasteiger partial charge on any atom is -0.490 e. The van der Waals surface area contributed by atoms with E-state index in [1.165, 1.54) is 18.1 Å². The maximum Gasteiger partial charge on any atom is 0.416 e. The van der Waals surface area contributed by atoms with Crippen LogP contribution in [0.4, 0.5) is 13.2 Å². The summed E-state index contributed by atoms with van der Waals surface area (Å²) in [6.07, 6.45) is -0.475. The predicted octanol–water partition coefficient (Wildman–Crippen LogP) is 2.60. The highest BCUT2D eigenvalue weighted by Gasteiger charge is 2.35. The van der Waals surface area contributed by atoms with Gasteiger partial charge in [0.05, 0.1) is 29.9 Å². The third kappa shape index (κ3) is 4.77. The largest absolute Gasteiger partial charge is 0.490 e. The van der Waals surface area contributed by atoms with Crippen LogP contribution in [0.5, 0.6) is 5.75 Å². The number of aromatic nitrogens is 2. The van der Waals surface area contributed by atoms with E-state index in [1.807, 2.05) is 0 Å². The van der Waals surface area contributed by atoms with Gasteiger partial charge in [-0.05, 0) is 37.5 Å². The van der Waals surface area contributed by atoms with E-state index in [0.717, 1.165) is 25.0 Å². The number of likely N-dealkylation sites (tertiary alicyclic amines) is 1. The molecule has 0 unspecified atom stereocenters. The predicted molar refractivity (Wildman–Crippen MR) is 102 cm³/mol. The SMILES string of the molecule is COC[C@H]1C[C@@H](NC(=O)c2nnc(-c3cc(C(F)(F)F)ccc3OC3CC3)o2)CN1C#N. The van der Waals surface area contributed by atoms with E-state index in [-0.39, 0.29) is 35.4 Å². The zero-order valence-corrected chi connectivity index (χ0v) is 17.1. The summed E-state index contributed by atoms with van der Waals surface area (Å²) in [6.45, 7) is 0.633. The van der Waals surface area contributed by atoms with E-state index in [4.69, 9.17) is 13.9 Å². The molecule has 1 aliphatic heterocycles. The van der Waals surface area contributed by atoms with E-state index in [2.05, 4.69) is 21.7 Å². The van der Waals surface area contributed by atoms with Crippen molar-refractivity contribution in [2.45, 2.75) is 43.6 Å². The fourth-order valence-electron chi connectivity index (χ4n) is 3.51. The number of nitriles is 1. The molecular formula is C20H20F3N5O4. The van der Waals surface area contributed by atoms with Crippen LogP contribution in [0.2, 0.25) is 0 Å². The molecule has 2 heterocycles. The van der Waals surface area contributed by atoms with Crippen molar-refractivity contribution in [2.24, 2.45) is 0 Å². The zero-order chi connectivity index (χ0) is 22.9. The standard InChI is InChI=1S/C20H20F3N5O4/c1-30-9-13-7-12(8-28(13)10-24)25-17(29)19-27-26-18(32-19)15-6-11(20(21,22)23)2-5-16(15)31-14-3-4-14/h2,5-6,12-14H,3-4,7-9H2,1H3,(H,25,29)/t12-,13-/m1/s1. The third-order valence-electron chi connectivity index (χ3n) is 5.21. The smallest absolute Gasteiger partial charge is 0.416 e. The topological polar surface area (TPSA) is 114 Å². The molecule has 1 aromatic heterocycles. The van der Waals surface area contributed by atoms with Gasteiger partial charge in [0.15, 0.2) is 6.19 Å². The van der Waals surface area contributed by atoms with Crippen LogP contribution < -0.4 is 10.1 Å². The lowest BCUT2D eigenvalue weighted by molar-refractivity contribution is -0.137. The lowest BCUT2D eigenvalue weighted by Gasteiger charge is -2.15. The molecule has 1 aliphatic carbocycles. The van der Waals surface area contributed by atoms with Gasteiger partial charge in [-0.1, -0.05) is 0 Å². The van der Waals surface area contributed by atoms with Crippen molar-refractivity contribution >= 4 is 5.91 Å². The molecule has 1 saturated heterocycles. The maximum atomic E-state index is 13.2. The Morgan fingerprint density at radius 3 is 2.81 bits per heavy atom. The van der Waals surface area contributed by atoms with Crippen molar-refractivity contribution in [2.75, 3.05) is 20.3 Å². The first-order valence-corrected chi connectivity index (χ1v) is 9.96. The molecule has 2 aromatic rings. The number of carbonyl (C=O) groups is 1. The second-order valence-corrected chi connectivity index (χ2v) is 7.71. The zero-order valence-electron chi connectivity index (χ0n) is 17.1. The second-order valence-electron chi connectivity index (χ2n) is 7.71. The summed E-state index contributed by atoms with van der Waals surface area (Å²) in [6, 6.07) is 2.48. The minimum absolute atomic E-state index is 0.0324. The van der Waals surface area contributed by atoms with Crippen LogP contribution in [0.15, 0.2) is 22.6 Å². The van der Waals surface area contributed by atoms with E-state index in [1.54, 1.807) is 0 Å². The molecule has 2 aliphatic rings. The van der Waals surface area contributed by atoms with Gasteiger partial charge in [-0.3, -0.25) is 4.79 Å². The number of alkyl halides is 3. The van der Waals surface area contributed by atoms with E-state index in [9.17, 15) is 23.2 Å². The first kappa shape index (κ1) is 21.9. The highest BCUT2D eigenvalue weighted by Crippen LogP contribution is 2.39. The quantitative estimate of drug-likeness (QED) is 0.639. The average Bonchev–Trinajstić information content (AvgIpc) is 3.27. The van der Waals surface area contributed by atoms with Gasteiger partial charge >= 0.3 is 18.0 Å². The molecule has 0 bridgehead atoms. The number of ether oxygens (including phenoxy) is 2. The lowest BCUT2D eigenvalue weighted by atomic mass is 10.1. The number of nitrogens with zero attached hydrogens (tertiary/aromatic N) is 4. The summed E-state index contributed by atoms with van der Waals surface area (Å²) in [7, 11) is 1.52. The minimum atomic E-state index is -4.57. The molecular weight excluding hydrogens is 431 g/mol. The van der Waals surface area contributed by atoms with Crippen LogP contribution in [0.3, 0.4) is 0 Å². The normalized spacial score (nSPS) is 20.8. The molecule has 4 rings (SSSR count). The Morgan fingerprint density at radius 2 is 2.16 bits per heavy atom. The molecule has 1 amide bonds. The Hall–Kier alpha value is -3.33. The van der Waals surface area contributed by atoms with Gasteiger partial charge in [-0.2, -0.15) is 18.4 Å². The summed E-state index contributed by atoms with van der Waals surface area (Å²) < 4.78 is 55.7. The molecule has 1 N–H and O–H groups in total. The molecule has 0 spiro atoms.